The molecule has 0 saturated carbocycles. The van der Waals surface area contributed by atoms with Gasteiger partial charge in [-0.05, 0) is 60.0 Å². The highest BCUT2D eigenvalue weighted by molar-refractivity contribution is 6.39. The van der Waals surface area contributed by atoms with Gasteiger partial charge in [-0.25, -0.2) is 14.7 Å². The highest BCUT2D eigenvalue weighted by Gasteiger charge is 2.36. The molecule has 1 aliphatic rings. The van der Waals surface area contributed by atoms with Crippen molar-refractivity contribution in [3.63, 3.8) is 0 Å². The summed E-state index contributed by atoms with van der Waals surface area (Å²) in [7, 11) is 0. The molecule has 2 aromatic carbocycles. The van der Waals surface area contributed by atoms with E-state index in [0.717, 1.165) is 16.7 Å². The van der Waals surface area contributed by atoms with Crippen LogP contribution in [-0.4, -0.2) is 27.8 Å². The Balaban J connectivity index is 1.59. The Hall–Kier alpha value is -4.11. The van der Waals surface area contributed by atoms with Crippen LogP contribution in [0.15, 0.2) is 60.3 Å². The van der Waals surface area contributed by atoms with Gasteiger partial charge in [0.2, 0.25) is 11.1 Å². The maximum atomic E-state index is 13.7. The van der Waals surface area contributed by atoms with E-state index < -0.39 is 23.7 Å². The third-order valence-electron chi connectivity index (χ3n) is 4.45. The first kappa shape index (κ1) is 21.1. The standard InChI is InChI=1S/C22H14ClFN4O4/c1-12-3-2-4-14(9-12)28-20(30)16(18(29)26-22(28)31)10-13-5-7-15(8-6-13)32-19-17(24)11-25-21(23)27-19/h2-11H,1H3,(H,26,29,31)/b16-10+. The average Bonchev–Trinajstić information content (AvgIpc) is 2.75. The van der Waals surface area contributed by atoms with Crippen LogP contribution >= 0.6 is 11.6 Å². The molecular weight excluding hydrogens is 439 g/mol. The van der Waals surface area contributed by atoms with Gasteiger partial charge >= 0.3 is 6.03 Å². The number of nitrogens with zero attached hydrogens (tertiary/aromatic N) is 3. The minimum atomic E-state index is -0.822. The highest BCUT2D eigenvalue weighted by Crippen LogP contribution is 2.25. The number of amides is 4. The summed E-state index contributed by atoms with van der Waals surface area (Å²) in [6.07, 6.45) is 2.23. The second-order valence-electron chi connectivity index (χ2n) is 6.76. The lowest BCUT2D eigenvalue weighted by atomic mass is 10.1. The number of hydrogen-bond donors (Lipinski definition) is 1. The lowest BCUT2D eigenvalue weighted by Crippen LogP contribution is -2.54. The zero-order valence-electron chi connectivity index (χ0n) is 16.5. The molecule has 1 fully saturated rings. The van der Waals surface area contributed by atoms with Crippen molar-refractivity contribution >= 4 is 41.2 Å². The number of ether oxygens (including phenoxy) is 1. The smallest absolute Gasteiger partial charge is 0.335 e. The molecule has 1 aliphatic heterocycles. The summed E-state index contributed by atoms with van der Waals surface area (Å²) in [6, 6.07) is 12.1. The fraction of sp³-hybridized carbons (Fsp3) is 0.0455. The summed E-state index contributed by atoms with van der Waals surface area (Å²) in [4.78, 5) is 45.6. The maximum absolute atomic E-state index is 13.7. The topological polar surface area (TPSA) is 101 Å². The van der Waals surface area contributed by atoms with E-state index in [4.69, 9.17) is 16.3 Å². The molecule has 0 unspecified atom stereocenters. The van der Waals surface area contributed by atoms with Gasteiger partial charge in [0.05, 0.1) is 11.9 Å². The van der Waals surface area contributed by atoms with Gasteiger partial charge in [-0.15, -0.1) is 0 Å². The first-order chi connectivity index (χ1) is 15.3. The molecule has 4 amide bonds. The fourth-order valence-electron chi connectivity index (χ4n) is 2.97. The van der Waals surface area contributed by atoms with Gasteiger partial charge in [0, 0.05) is 0 Å². The SMILES string of the molecule is Cc1cccc(N2C(=O)NC(=O)/C(=C\c3ccc(Oc4nc(Cl)ncc4F)cc3)C2=O)c1. The van der Waals surface area contributed by atoms with Crippen LogP contribution in [0.5, 0.6) is 11.6 Å². The van der Waals surface area contributed by atoms with E-state index in [0.29, 0.717) is 11.3 Å². The van der Waals surface area contributed by atoms with E-state index in [2.05, 4.69) is 15.3 Å². The molecule has 1 aromatic heterocycles. The Morgan fingerprint density at radius 1 is 1.12 bits per heavy atom. The number of nitrogens with one attached hydrogen (secondary N) is 1. The van der Waals surface area contributed by atoms with Crippen molar-refractivity contribution in [2.45, 2.75) is 6.92 Å². The Labute approximate surface area is 186 Å². The molecule has 160 valence electrons. The summed E-state index contributed by atoms with van der Waals surface area (Å²) in [6.45, 7) is 1.82. The number of benzene rings is 2. The summed E-state index contributed by atoms with van der Waals surface area (Å²) >= 11 is 5.64. The number of imide groups is 2. The van der Waals surface area contributed by atoms with Crippen molar-refractivity contribution in [2.24, 2.45) is 0 Å². The molecule has 4 rings (SSSR count). The zero-order valence-corrected chi connectivity index (χ0v) is 17.3. The first-order valence-corrected chi connectivity index (χ1v) is 9.64. The van der Waals surface area contributed by atoms with Crippen LogP contribution in [-0.2, 0) is 9.59 Å². The van der Waals surface area contributed by atoms with E-state index in [-0.39, 0.29) is 22.5 Å². The number of rotatable bonds is 4. The predicted molar refractivity (Wildman–Crippen MR) is 114 cm³/mol. The largest absolute Gasteiger partial charge is 0.436 e. The molecule has 10 heteroatoms. The first-order valence-electron chi connectivity index (χ1n) is 9.26. The van der Waals surface area contributed by atoms with Crippen molar-refractivity contribution in [3.8, 4) is 11.6 Å². The molecule has 0 atom stereocenters. The minimum absolute atomic E-state index is 0.169. The Bertz CT molecular complexity index is 1280. The summed E-state index contributed by atoms with van der Waals surface area (Å²) in [5.41, 5.74) is 1.46. The lowest BCUT2D eigenvalue weighted by molar-refractivity contribution is -0.122. The molecule has 0 bridgehead atoms. The number of hydrogen-bond acceptors (Lipinski definition) is 6. The van der Waals surface area contributed by atoms with Crippen molar-refractivity contribution in [1.82, 2.24) is 15.3 Å². The second kappa shape index (κ2) is 8.56. The van der Waals surface area contributed by atoms with Gasteiger partial charge in [-0.3, -0.25) is 14.9 Å². The van der Waals surface area contributed by atoms with E-state index in [1.165, 1.54) is 18.2 Å². The second-order valence-corrected chi connectivity index (χ2v) is 7.10. The monoisotopic (exact) mass is 452 g/mol. The van der Waals surface area contributed by atoms with Crippen LogP contribution in [0.3, 0.4) is 0 Å². The van der Waals surface area contributed by atoms with Crippen LogP contribution in [0.2, 0.25) is 5.28 Å². The van der Waals surface area contributed by atoms with Gasteiger partial charge in [0.25, 0.3) is 17.7 Å². The Kier molecular flexibility index (Phi) is 5.65. The van der Waals surface area contributed by atoms with Gasteiger partial charge in [0.15, 0.2) is 0 Å². The lowest BCUT2D eigenvalue weighted by Gasteiger charge is -2.26. The normalized spacial score (nSPS) is 15.2. The Morgan fingerprint density at radius 2 is 1.88 bits per heavy atom. The molecular formula is C22H14ClFN4O4. The fourth-order valence-corrected chi connectivity index (χ4v) is 3.10. The van der Waals surface area contributed by atoms with Crippen molar-refractivity contribution in [2.75, 3.05) is 4.90 Å². The molecule has 0 radical (unpaired) electrons. The number of anilines is 1. The summed E-state index contributed by atoms with van der Waals surface area (Å²) < 4.78 is 19.1. The molecule has 8 nitrogen and oxygen atoms in total. The van der Waals surface area contributed by atoms with Gasteiger partial charge in [-0.1, -0.05) is 24.3 Å². The minimum Gasteiger partial charge on any atom is -0.436 e. The summed E-state index contributed by atoms with van der Waals surface area (Å²) in [5, 5.41) is 2.00. The van der Waals surface area contributed by atoms with E-state index >= 15 is 0 Å². The number of urea groups is 1. The number of carbonyl (C=O) groups excluding carboxylic acids is 3. The van der Waals surface area contributed by atoms with Gasteiger partial charge in [-0.2, -0.15) is 9.37 Å². The molecule has 3 aromatic rings. The van der Waals surface area contributed by atoms with E-state index in [1.54, 1.807) is 30.3 Å². The van der Waals surface area contributed by atoms with Gasteiger partial charge in [0.1, 0.15) is 11.3 Å². The van der Waals surface area contributed by atoms with Crippen LogP contribution in [0.4, 0.5) is 14.9 Å². The molecule has 1 N–H and O–H groups in total. The average molecular weight is 453 g/mol. The van der Waals surface area contributed by atoms with Crippen LogP contribution in [0, 0.1) is 12.7 Å². The van der Waals surface area contributed by atoms with Gasteiger partial charge < -0.3 is 4.74 Å². The van der Waals surface area contributed by atoms with E-state index in [1.807, 2.05) is 13.0 Å². The van der Waals surface area contributed by atoms with E-state index in [9.17, 15) is 18.8 Å². The zero-order chi connectivity index (χ0) is 22.8. The quantitative estimate of drug-likeness (QED) is 0.364. The number of aryl methyl sites for hydroxylation is 1. The number of halogens is 2. The van der Waals surface area contributed by atoms with Crippen LogP contribution < -0.4 is 15.0 Å². The number of carbonyl (C=O) groups is 3. The highest BCUT2D eigenvalue weighted by atomic mass is 35.5. The molecule has 0 spiro atoms. The van der Waals surface area contributed by atoms with Crippen molar-refractivity contribution in [1.29, 1.82) is 0 Å². The summed E-state index contributed by atoms with van der Waals surface area (Å²) in [5.74, 6) is -2.43. The molecule has 32 heavy (non-hydrogen) atoms. The molecule has 2 heterocycles. The van der Waals surface area contributed by atoms with Crippen molar-refractivity contribution in [3.05, 3.63) is 82.5 Å². The third kappa shape index (κ3) is 4.33. The molecule has 0 aliphatic carbocycles. The third-order valence-corrected chi connectivity index (χ3v) is 4.63. The van der Waals surface area contributed by atoms with Crippen LogP contribution in [0.25, 0.3) is 6.08 Å². The van der Waals surface area contributed by atoms with Crippen LogP contribution in [0.1, 0.15) is 11.1 Å². The number of aromatic nitrogens is 2. The molecule has 1 saturated heterocycles. The number of barbiturate groups is 1. The maximum Gasteiger partial charge on any atom is 0.335 e. The van der Waals surface area contributed by atoms with Crippen molar-refractivity contribution < 1.29 is 23.5 Å². The Morgan fingerprint density at radius 3 is 2.59 bits per heavy atom. The predicted octanol–water partition coefficient (Wildman–Crippen LogP) is 4.04.